The lowest BCUT2D eigenvalue weighted by molar-refractivity contribution is -0.117. The van der Waals surface area contributed by atoms with E-state index in [0.717, 1.165) is 0 Å². The number of hydrogen-bond acceptors (Lipinski definition) is 3. The van der Waals surface area contributed by atoms with Gasteiger partial charge in [0.15, 0.2) is 11.0 Å². The Morgan fingerprint density at radius 2 is 2.33 bits per heavy atom. The number of nitrogens with zero attached hydrogens (tertiary/aromatic N) is 3. The van der Waals surface area contributed by atoms with Crippen LogP contribution in [0.4, 0.5) is 5.82 Å². The van der Waals surface area contributed by atoms with Crippen molar-refractivity contribution < 1.29 is 4.79 Å². The zero-order valence-electron chi connectivity index (χ0n) is 7.45. The third-order valence-electron chi connectivity index (χ3n) is 2.02. The Morgan fingerprint density at radius 3 is 2.87 bits per heavy atom. The van der Waals surface area contributed by atoms with Gasteiger partial charge in [-0.05, 0) is 15.9 Å². The summed E-state index contributed by atoms with van der Waals surface area (Å²) in [6.45, 7) is 0.427. The normalized spacial score (nSPS) is 21.1. The van der Waals surface area contributed by atoms with E-state index in [0.29, 0.717) is 23.4 Å². The van der Waals surface area contributed by atoms with Crippen LogP contribution in [0.15, 0.2) is 10.8 Å². The number of carbonyl (C=O) groups is 1. The van der Waals surface area contributed by atoms with Crippen molar-refractivity contribution >= 4 is 50.9 Å². The molecule has 0 aromatic carbocycles. The van der Waals surface area contributed by atoms with E-state index < -0.39 is 0 Å². The second-order valence-electron chi connectivity index (χ2n) is 3.11. The molecular weight excluding hydrogens is 305 g/mol. The molecule has 1 atom stereocenters. The monoisotopic (exact) mass is 309 g/mol. The molecule has 0 N–H and O–H groups in total. The molecule has 1 amide bonds. The fraction of sp³-hybridized carbons (Fsp3) is 0.375. The Balaban J connectivity index is 2.34. The van der Waals surface area contributed by atoms with E-state index >= 15 is 0 Å². The van der Waals surface area contributed by atoms with E-state index in [9.17, 15) is 4.79 Å². The van der Waals surface area contributed by atoms with Crippen LogP contribution in [0.2, 0.25) is 5.15 Å². The fourth-order valence-electron chi connectivity index (χ4n) is 1.39. The van der Waals surface area contributed by atoms with Gasteiger partial charge in [0, 0.05) is 13.0 Å². The zero-order chi connectivity index (χ0) is 11.0. The van der Waals surface area contributed by atoms with Crippen molar-refractivity contribution in [1.29, 1.82) is 0 Å². The van der Waals surface area contributed by atoms with Crippen LogP contribution >= 0.6 is 39.1 Å². The van der Waals surface area contributed by atoms with Gasteiger partial charge in [-0.3, -0.25) is 9.69 Å². The van der Waals surface area contributed by atoms with Crippen molar-refractivity contribution in [3.05, 3.63) is 16.0 Å². The summed E-state index contributed by atoms with van der Waals surface area (Å²) in [5, 5.41) is 0.0162. The zero-order valence-corrected chi connectivity index (χ0v) is 10.6. The Bertz CT molecular complexity index is 415. The molecule has 1 saturated heterocycles. The van der Waals surface area contributed by atoms with Crippen LogP contribution < -0.4 is 4.90 Å². The van der Waals surface area contributed by atoms with E-state index in [2.05, 4.69) is 25.9 Å². The van der Waals surface area contributed by atoms with Gasteiger partial charge in [-0.1, -0.05) is 11.6 Å². The number of anilines is 1. The number of rotatable bonds is 1. The van der Waals surface area contributed by atoms with Crippen LogP contribution in [-0.4, -0.2) is 27.8 Å². The first-order chi connectivity index (χ1) is 7.08. The van der Waals surface area contributed by atoms with Crippen molar-refractivity contribution in [2.24, 2.45) is 0 Å². The maximum atomic E-state index is 11.5. The smallest absolute Gasteiger partial charge is 0.229 e. The van der Waals surface area contributed by atoms with Crippen molar-refractivity contribution in [1.82, 2.24) is 9.97 Å². The fourth-order valence-corrected chi connectivity index (χ4v) is 2.28. The van der Waals surface area contributed by atoms with E-state index in [1.807, 2.05) is 0 Å². The maximum Gasteiger partial charge on any atom is 0.229 e. The summed E-state index contributed by atoms with van der Waals surface area (Å²) in [6, 6.07) is 0. The van der Waals surface area contributed by atoms with Crippen LogP contribution in [0.1, 0.15) is 6.42 Å². The minimum Gasteiger partial charge on any atom is -0.293 e. The molecule has 15 heavy (non-hydrogen) atoms. The van der Waals surface area contributed by atoms with Crippen molar-refractivity contribution in [3.8, 4) is 0 Å². The molecule has 1 aromatic heterocycles. The molecule has 1 fully saturated rings. The second-order valence-corrected chi connectivity index (χ2v) is 4.90. The van der Waals surface area contributed by atoms with Crippen LogP contribution in [0, 0.1) is 0 Å². The molecule has 0 spiro atoms. The molecule has 80 valence electrons. The SMILES string of the molecule is O=C1CC(Cl)CN1c1ncc(Br)nc1Cl. The summed E-state index contributed by atoms with van der Waals surface area (Å²) in [6.07, 6.45) is 1.81. The van der Waals surface area contributed by atoms with Gasteiger partial charge in [0.05, 0.1) is 11.6 Å². The van der Waals surface area contributed by atoms with Crippen LogP contribution in [0.5, 0.6) is 0 Å². The number of aromatic nitrogens is 2. The molecule has 2 heterocycles. The second kappa shape index (κ2) is 4.23. The summed E-state index contributed by atoms with van der Waals surface area (Å²) in [7, 11) is 0. The first-order valence-corrected chi connectivity index (χ1v) is 5.81. The first-order valence-electron chi connectivity index (χ1n) is 4.20. The first kappa shape index (κ1) is 11.1. The van der Waals surface area contributed by atoms with Crippen molar-refractivity contribution in [2.75, 3.05) is 11.4 Å². The van der Waals surface area contributed by atoms with Crippen LogP contribution in [-0.2, 0) is 4.79 Å². The highest BCUT2D eigenvalue weighted by atomic mass is 79.9. The minimum atomic E-state index is -0.181. The van der Waals surface area contributed by atoms with E-state index in [-0.39, 0.29) is 16.4 Å². The molecule has 0 bridgehead atoms. The third kappa shape index (κ3) is 2.24. The lowest BCUT2D eigenvalue weighted by Crippen LogP contribution is -2.26. The summed E-state index contributed by atoms with van der Waals surface area (Å²) >= 11 is 14.9. The Hall–Kier alpha value is -0.390. The highest BCUT2D eigenvalue weighted by Crippen LogP contribution is 2.28. The molecule has 1 aliphatic rings. The van der Waals surface area contributed by atoms with Gasteiger partial charge in [0.2, 0.25) is 5.91 Å². The van der Waals surface area contributed by atoms with Crippen LogP contribution in [0.25, 0.3) is 0 Å². The van der Waals surface area contributed by atoms with Crippen LogP contribution in [0.3, 0.4) is 0 Å². The van der Waals surface area contributed by atoms with Crippen molar-refractivity contribution in [3.63, 3.8) is 0 Å². The number of amides is 1. The van der Waals surface area contributed by atoms with Gasteiger partial charge in [-0.25, -0.2) is 9.97 Å². The van der Waals surface area contributed by atoms with Gasteiger partial charge < -0.3 is 0 Å². The minimum absolute atomic E-state index is 0.0754. The number of carbonyl (C=O) groups excluding carboxylic acids is 1. The highest BCUT2D eigenvalue weighted by molar-refractivity contribution is 9.10. The number of alkyl halides is 1. The molecule has 2 rings (SSSR count). The molecule has 0 aliphatic carbocycles. The maximum absolute atomic E-state index is 11.5. The highest BCUT2D eigenvalue weighted by Gasteiger charge is 2.31. The molecule has 0 radical (unpaired) electrons. The topological polar surface area (TPSA) is 46.1 Å². The Labute approximate surface area is 105 Å². The average Bonchev–Trinajstić information content (AvgIpc) is 2.45. The van der Waals surface area contributed by atoms with E-state index in [1.165, 1.54) is 11.1 Å². The van der Waals surface area contributed by atoms with Gasteiger partial charge in [0.25, 0.3) is 0 Å². The van der Waals surface area contributed by atoms with Gasteiger partial charge in [-0.2, -0.15) is 0 Å². The molecule has 0 saturated carbocycles. The Kier molecular flexibility index (Phi) is 3.13. The Morgan fingerprint density at radius 1 is 1.60 bits per heavy atom. The lowest BCUT2D eigenvalue weighted by atomic mass is 10.4. The predicted molar refractivity (Wildman–Crippen MR) is 61.4 cm³/mol. The molecule has 4 nitrogen and oxygen atoms in total. The molecule has 1 aliphatic heterocycles. The largest absolute Gasteiger partial charge is 0.293 e. The third-order valence-corrected chi connectivity index (χ3v) is 2.94. The van der Waals surface area contributed by atoms with Gasteiger partial charge in [-0.15, -0.1) is 11.6 Å². The van der Waals surface area contributed by atoms with Crippen molar-refractivity contribution in [2.45, 2.75) is 11.8 Å². The van der Waals surface area contributed by atoms with E-state index in [4.69, 9.17) is 23.2 Å². The average molecular weight is 311 g/mol. The standard InChI is InChI=1S/C8H6BrCl2N3O/c9-5-2-12-8(7(11)13-5)14-3-4(10)1-6(14)15/h2,4H,1,3H2. The summed E-state index contributed by atoms with van der Waals surface area (Å²) < 4.78 is 0.533. The van der Waals surface area contributed by atoms with Gasteiger partial charge >= 0.3 is 0 Å². The molecular formula is C8H6BrCl2N3O. The number of hydrogen-bond donors (Lipinski definition) is 0. The number of halogens is 3. The molecule has 1 unspecified atom stereocenters. The molecule has 1 aromatic rings. The quantitative estimate of drug-likeness (QED) is 0.747. The summed E-state index contributed by atoms with van der Waals surface area (Å²) in [5.41, 5.74) is 0. The summed E-state index contributed by atoms with van der Waals surface area (Å²) in [4.78, 5) is 21.0. The summed E-state index contributed by atoms with van der Waals surface area (Å²) in [5.74, 6) is 0.293. The lowest BCUT2D eigenvalue weighted by Gasteiger charge is -2.15. The predicted octanol–water partition coefficient (Wildman–Crippen LogP) is 2.24. The van der Waals surface area contributed by atoms with Gasteiger partial charge in [0.1, 0.15) is 4.60 Å². The molecule has 7 heteroatoms. The van der Waals surface area contributed by atoms with E-state index in [1.54, 1.807) is 0 Å².